The second-order valence-electron chi connectivity index (χ2n) is 6.65. The highest BCUT2D eigenvalue weighted by atomic mass is 16.5. The van der Waals surface area contributed by atoms with Gasteiger partial charge in [-0.05, 0) is 24.3 Å². The molecule has 170 valence electrons. The third-order valence-electron chi connectivity index (χ3n) is 4.60. The summed E-state index contributed by atoms with van der Waals surface area (Å²) in [6.07, 6.45) is 2.60. The molecule has 11 nitrogen and oxygen atoms in total. The van der Waals surface area contributed by atoms with Gasteiger partial charge in [0.15, 0.2) is 5.75 Å². The minimum atomic E-state index is -1.08. The van der Waals surface area contributed by atoms with E-state index in [1.54, 1.807) is 24.3 Å². The van der Waals surface area contributed by atoms with E-state index in [0.29, 0.717) is 34.3 Å². The second-order valence-corrected chi connectivity index (χ2v) is 6.65. The number of rotatable bonds is 8. The van der Waals surface area contributed by atoms with Crippen molar-refractivity contribution in [3.05, 3.63) is 65.5 Å². The van der Waals surface area contributed by atoms with E-state index in [-0.39, 0.29) is 22.9 Å². The molecule has 0 unspecified atom stereocenters. The molecule has 3 aromatic rings. The lowest BCUT2D eigenvalue weighted by atomic mass is 10.1. The summed E-state index contributed by atoms with van der Waals surface area (Å²) in [5.41, 5.74) is 1.48. The minimum absolute atomic E-state index is 0.0499. The lowest BCUT2D eigenvalue weighted by Gasteiger charge is -2.17. The molecule has 0 aliphatic carbocycles. The largest absolute Gasteiger partial charge is 0.494 e. The Bertz CT molecular complexity index is 1200. The monoisotopic (exact) mass is 450 g/mol. The van der Waals surface area contributed by atoms with Crippen LogP contribution in [0.15, 0.2) is 48.8 Å². The maximum absolute atomic E-state index is 12.4. The van der Waals surface area contributed by atoms with Crippen LogP contribution in [0.5, 0.6) is 5.75 Å². The number of anilines is 4. The predicted octanol–water partition coefficient (Wildman–Crippen LogP) is 2.39. The third-order valence-corrected chi connectivity index (χ3v) is 4.60. The lowest BCUT2D eigenvalue weighted by molar-refractivity contribution is 0.0696. The first-order valence-corrected chi connectivity index (χ1v) is 9.72. The molecule has 0 bridgehead atoms. The number of hydrogen-bond acceptors (Lipinski definition) is 8. The first-order chi connectivity index (χ1) is 15.9. The number of aromatic nitrogens is 2. The Morgan fingerprint density at radius 2 is 1.55 bits per heavy atom. The Hall–Kier alpha value is -4.67. The van der Waals surface area contributed by atoms with E-state index >= 15 is 0 Å². The van der Waals surface area contributed by atoms with Gasteiger partial charge in [0.05, 0.1) is 35.2 Å². The van der Waals surface area contributed by atoms with Crippen LogP contribution in [0.1, 0.15) is 31.1 Å². The summed E-state index contributed by atoms with van der Waals surface area (Å²) >= 11 is 0. The third kappa shape index (κ3) is 5.15. The van der Waals surface area contributed by atoms with Gasteiger partial charge in [-0.25, -0.2) is 14.8 Å². The molecule has 33 heavy (non-hydrogen) atoms. The van der Waals surface area contributed by atoms with Crippen LogP contribution in [-0.2, 0) is 0 Å². The molecule has 0 spiro atoms. The highest BCUT2D eigenvalue weighted by molar-refractivity contribution is 6.02. The number of nitrogens with one attached hydrogen (secondary N) is 4. The summed E-state index contributed by atoms with van der Waals surface area (Å²) < 4.78 is 5.44. The van der Waals surface area contributed by atoms with Crippen molar-refractivity contribution in [3.63, 3.8) is 0 Å². The number of methoxy groups -OCH3 is 1. The molecule has 1 aromatic carbocycles. The average Bonchev–Trinajstić information content (AvgIpc) is 2.83. The zero-order chi connectivity index (χ0) is 24.0. The lowest BCUT2D eigenvalue weighted by Crippen LogP contribution is -2.20. The number of ether oxygens (including phenoxy) is 1. The van der Waals surface area contributed by atoms with E-state index in [9.17, 15) is 14.4 Å². The highest BCUT2D eigenvalue weighted by Gasteiger charge is 2.18. The van der Waals surface area contributed by atoms with E-state index in [1.807, 2.05) is 0 Å². The number of carboxylic acids is 1. The van der Waals surface area contributed by atoms with Crippen molar-refractivity contribution in [1.82, 2.24) is 20.6 Å². The quantitative estimate of drug-likeness (QED) is 0.348. The summed E-state index contributed by atoms with van der Waals surface area (Å²) in [5, 5.41) is 20.2. The Labute approximate surface area is 189 Å². The van der Waals surface area contributed by atoms with Crippen LogP contribution in [0.2, 0.25) is 0 Å². The molecule has 11 heteroatoms. The van der Waals surface area contributed by atoms with Gasteiger partial charge in [0.25, 0.3) is 11.8 Å². The van der Waals surface area contributed by atoms with Gasteiger partial charge in [-0.1, -0.05) is 6.07 Å². The number of amides is 2. The molecule has 0 radical (unpaired) electrons. The van der Waals surface area contributed by atoms with E-state index in [2.05, 4.69) is 31.2 Å². The van der Waals surface area contributed by atoms with Crippen molar-refractivity contribution in [2.75, 3.05) is 31.8 Å². The normalized spacial score (nSPS) is 10.2. The number of carbonyl (C=O) groups is 3. The van der Waals surface area contributed by atoms with Gasteiger partial charge in [0.2, 0.25) is 0 Å². The van der Waals surface area contributed by atoms with Crippen molar-refractivity contribution in [1.29, 1.82) is 0 Å². The Morgan fingerprint density at radius 1 is 0.848 bits per heavy atom. The highest BCUT2D eigenvalue weighted by Crippen LogP contribution is 2.33. The predicted molar refractivity (Wildman–Crippen MR) is 122 cm³/mol. The van der Waals surface area contributed by atoms with Crippen LogP contribution in [0.4, 0.5) is 23.0 Å². The van der Waals surface area contributed by atoms with Crippen LogP contribution in [0.3, 0.4) is 0 Å². The summed E-state index contributed by atoms with van der Waals surface area (Å²) in [4.78, 5) is 43.9. The molecule has 3 rings (SSSR count). The summed E-state index contributed by atoms with van der Waals surface area (Å²) in [7, 11) is 4.46. The number of hydrogen-bond donors (Lipinski definition) is 5. The maximum atomic E-state index is 12.4. The molecule has 2 heterocycles. The number of para-hydroxylation sites is 1. The molecule has 0 aliphatic heterocycles. The first kappa shape index (κ1) is 23.0. The van der Waals surface area contributed by atoms with Crippen LogP contribution in [0.25, 0.3) is 0 Å². The molecule has 0 saturated heterocycles. The summed E-state index contributed by atoms with van der Waals surface area (Å²) in [5.74, 6) is -0.761. The van der Waals surface area contributed by atoms with Crippen molar-refractivity contribution in [3.8, 4) is 5.75 Å². The smallest absolute Gasteiger partial charge is 0.337 e. The molecule has 2 aromatic heterocycles. The second kappa shape index (κ2) is 10.1. The molecule has 2 amide bonds. The molecule has 0 aliphatic rings. The molecular weight excluding hydrogens is 428 g/mol. The van der Waals surface area contributed by atoms with Crippen molar-refractivity contribution < 1.29 is 24.2 Å². The van der Waals surface area contributed by atoms with Crippen LogP contribution < -0.4 is 26.0 Å². The average molecular weight is 450 g/mol. The SMILES string of the molecule is CNC(=O)c1cnc(Nc2ccc(C(=O)O)cn2)cc1Nc1cccc(C(=O)NC)c1OC. The van der Waals surface area contributed by atoms with Crippen molar-refractivity contribution in [2.45, 2.75) is 0 Å². The zero-order valence-electron chi connectivity index (χ0n) is 18.1. The molecule has 0 saturated carbocycles. The van der Waals surface area contributed by atoms with Gasteiger partial charge in [0.1, 0.15) is 11.6 Å². The van der Waals surface area contributed by atoms with Crippen molar-refractivity contribution in [2.24, 2.45) is 0 Å². The molecule has 0 fully saturated rings. The number of carbonyl (C=O) groups excluding carboxylic acids is 2. The first-order valence-electron chi connectivity index (χ1n) is 9.72. The topological polar surface area (TPSA) is 155 Å². The van der Waals surface area contributed by atoms with Crippen LogP contribution in [-0.4, -0.2) is 54.1 Å². The minimum Gasteiger partial charge on any atom is -0.494 e. The standard InChI is InChI=1S/C22H22N6O5/c1-23-20(29)13-5-4-6-15(19(13)33-3)27-16-9-18(26-11-14(16)21(30)24-2)28-17-8-7-12(10-25-17)22(31)32/h4-11H,1-3H3,(H,23,29)(H,24,30)(H,31,32)(H2,25,26,27,28). The zero-order valence-corrected chi connectivity index (χ0v) is 18.1. The molecule has 0 atom stereocenters. The van der Waals surface area contributed by atoms with Crippen LogP contribution >= 0.6 is 0 Å². The van der Waals surface area contributed by atoms with Gasteiger partial charge >= 0.3 is 5.97 Å². The molecular formula is C22H22N6O5. The van der Waals surface area contributed by atoms with E-state index in [0.717, 1.165) is 0 Å². The fraction of sp³-hybridized carbons (Fsp3) is 0.136. The van der Waals surface area contributed by atoms with Crippen molar-refractivity contribution >= 4 is 40.8 Å². The fourth-order valence-corrected chi connectivity index (χ4v) is 2.98. The van der Waals surface area contributed by atoms with Gasteiger partial charge < -0.3 is 31.1 Å². The number of carboxylic acid groups (broad SMARTS) is 1. The summed E-state index contributed by atoms with van der Waals surface area (Å²) in [6.45, 7) is 0. The maximum Gasteiger partial charge on any atom is 0.337 e. The Balaban J connectivity index is 1.99. The molecule has 5 N–H and O–H groups in total. The van der Waals surface area contributed by atoms with Crippen LogP contribution in [0, 0.1) is 0 Å². The van der Waals surface area contributed by atoms with Gasteiger partial charge in [-0.2, -0.15) is 0 Å². The summed E-state index contributed by atoms with van der Waals surface area (Å²) in [6, 6.07) is 9.51. The van der Waals surface area contributed by atoms with Gasteiger partial charge in [-0.3, -0.25) is 9.59 Å². The number of aromatic carboxylic acids is 1. The number of pyridine rings is 2. The van der Waals surface area contributed by atoms with Gasteiger partial charge in [-0.15, -0.1) is 0 Å². The Morgan fingerprint density at radius 3 is 2.15 bits per heavy atom. The van der Waals surface area contributed by atoms with E-state index in [4.69, 9.17) is 9.84 Å². The number of nitrogens with zero attached hydrogens (tertiary/aromatic N) is 2. The van der Waals surface area contributed by atoms with E-state index < -0.39 is 5.97 Å². The fourth-order valence-electron chi connectivity index (χ4n) is 2.98. The van der Waals surface area contributed by atoms with E-state index in [1.165, 1.54) is 45.7 Å². The number of benzene rings is 1. The Kier molecular flexibility index (Phi) is 7.03. The van der Waals surface area contributed by atoms with Gasteiger partial charge in [0, 0.05) is 32.6 Å².